The summed E-state index contributed by atoms with van der Waals surface area (Å²) in [6, 6.07) is 12.6. The van der Waals surface area contributed by atoms with Gasteiger partial charge in [0.15, 0.2) is 17.3 Å². The number of carbonyl (C=O) groups excluding carboxylic acids is 2. The second-order valence-corrected chi connectivity index (χ2v) is 10.3. The van der Waals surface area contributed by atoms with Gasteiger partial charge in [0.05, 0.1) is 13.2 Å². The minimum atomic E-state index is -0.738. The quantitative estimate of drug-likeness (QED) is 0.448. The van der Waals surface area contributed by atoms with E-state index >= 15 is 0 Å². The van der Waals surface area contributed by atoms with Crippen LogP contribution in [0.2, 0.25) is 5.02 Å². The second kappa shape index (κ2) is 10.9. The van der Waals surface area contributed by atoms with Crippen LogP contribution in [0.4, 0.5) is 0 Å². The Morgan fingerprint density at radius 3 is 2.50 bits per heavy atom. The zero-order chi connectivity index (χ0) is 26.0. The SMILES string of the molecule is CCOc1cc(C2C3=C(CC(c4ccc(Cl)cc4)CC3=O)N=C(C)C2C(=O)OCC(C)C)ccc1O. The van der Waals surface area contributed by atoms with Gasteiger partial charge in [0.2, 0.25) is 0 Å². The molecule has 190 valence electrons. The van der Waals surface area contributed by atoms with Gasteiger partial charge in [0, 0.05) is 34.3 Å². The van der Waals surface area contributed by atoms with E-state index in [-0.39, 0.29) is 30.0 Å². The van der Waals surface area contributed by atoms with Crippen molar-refractivity contribution in [3.63, 3.8) is 0 Å². The van der Waals surface area contributed by atoms with Crippen LogP contribution in [0.3, 0.4) is 0 Å². The van der Waals surface area contributed by atoms with Crippen LogP contribution in [0.1, 0.15) is 63.5 Å². The van der Waals surface area contributed by atoms with Crippen LogP contribution in [0.5, 0.6) is 11.5 Å². The summed E-state index contributed by atoms with van der Waals surface area (Å²) in [7, 11) is 0. The van der Waals surface area contributed by atoms with E-state index in [1.807, 2.05) is 52.0 Å². The molecule has 0 aromatic heterocycles. The van der Waals surface area contributed by atoms with Crippen LogP contribution in [0, 0.1) is 11.8 Å². The van der Waals surface area contributed by atoms with Crippen LogP contribution < -0.4 is 4.74 Å². The van der Waals surface area contributed by atoms with E-state index < -0.39 is 17.8 Å². The first-order valence-corrected chi connectivity index (χ1v) is 12.8. The molecule has 0 bridgehead atoms. The number of benzene rings is 2. The van der Waals surface area contributed by atoms with E-state index in [0.29, 0.717) is 52.8 Å². The number of allylic oxidation sites excluding steroid dienone is 2. The molecule has 3 unspecified atom stereocenters. The molecular formula is C29H32ClNO5. The number of nitrogens with zero attached hydrogens (tertiary/aromatic N) is 1. The molecule has 1 N–H and O–H groups in total. The summed E-state index contributed by atoms with van der Waals surface area (Å²) in [6.45, 7) is 8.26. The highest BCUT2D eigenvalue weighted by Crippen LogP contribution is 2.48. The molecular weight excluding hydrogens is 478 g/mol. The molecule has 0 amide bonds. The molecule has 0 spiro atoms. The predicted molar refractivity (Wildman–Crippen MR) is 140 cm³/mol. The molecule has 1 heterocycles. The maximum Gasteiger partial charge on any atom is 0.315 e. The van der Waals surface area contributed by atoms with Gasteiger partial charge >= 0.3 is 5.97 Å². The normalized spacial score (nSPS) is 21.8. The zero-order valence-corrected chi connectivity index (χ0v) is 21.8. The van der Waals surface area contributed by atoms with Crippen LogP contribution in [0.15, 0.2) is 58.7 Å². The summed E-state index contributed by atoms with van der Waals surface area (Å²) >= 11 is 6.06. The number of rotatable bonds is 7. The first-order chi connectivity index (χ1) is 17.2. The third kappa shape index (κ3) is 5.34. The number of hydrogen-bond acceptors (Lipinski definition) is 6. The number of carbonyl (C=O) groups is 2. The van der Waals surface area contributed by atoms with E-state index in [0.717, 1.165) is 5.56 Å². The fourth-order valence-corrected chi connectivity index (χ4v) is 5.16. The molecule has 7 heteroatoms. The van der Waals surface area contributed by atoms with Crippen LogP contribution in [-0.4, -0.2) is 35.8 Å². The molecule has 1 aliphatic carbocycles. The number of ether oxygens (including phenoxy) is 2. The van der Waals surface area contributed by atoms with Gasteiger partial charge in [-0.2, -0.15) is 0 Å². The third-order valence-corrected chi connectivity index (χ3v) is 6.94. The molecule has 2 aromatic carbocycles. The lowest BCUT2D eigenvalue weighted by molar-refractivity contribution is -0.147. The van der Waals surface area contributed by atoms with Crippen molar-refractivity contribution < 1.29 is 24.2 Å². The van der Waals surface area contributed by atoms with Crippen molar-refractivity contribution in [1.82, 2.24) is 0 Å². The molecule has 0 radical (unpaired) electrons. The lowest BCUT2D eigenvalue weighted by Gasteiger charge is -2.36. The van der Waals surface area contributed by atoms with E-state index in [4.69, 9.17) is 26.1 Å². The number of hydrogen-bond donors (Lipinski definition) is 1. The molecule has 1 aliphatic heterocycles. The van der Waals surface area contributed by atoms with Gasteiger partial charge in [0.25, 0.3) is 0 Å². The summed E-state index contributed by atoms with van der Waals surface area (Å²) in [5.41, 5.74) is 3.61. The lowest BCUT2D eigenvalue weighted by atomic mass is 9.69. The van der Waals surface area contributed by atoms with Crippen molar-refractivity contribution in [2.24, 2.45) is 16.8 Å². The number of esters is 1. The standard InChI is InChI=1S/C29H32ClNO5/c1-5-35-25-14-19(8-11-23(25)32)27-26(29(34)36-15-16(2)3)17(4)31-22-12-20(13-24(33)28(22)27)18-6-9-21(30)10-7-18/h6-11,14,16,20,26-27,32H,5,12-13,15H2,1-4H3. The van der Waals surface area contributed by atoms with Crippen molar-refractivity contribution in [2.45, 2.75) is 52.4 Å². The number of aliphatic imine (C=N–C) groups is 1. The number of ketones is 1. The second-order valence-electron chi connectivity index (χ2n) is 9.83. The fraction of sp³-hybridized carbons (Fsp3) is 0.414. The number of Topliss-reactive ketones (excluding diaryl/α,β-unsaturated/α-hetero) is 1. The number of aromatic hydroxyl groups is 1. The van der Waals surface area contributed by atoms with Gasteiger partial charge in [-0.1, -0.05) is 43.6 Å². The molecule has 0 fully saturated rings. The maximum atomic E-state index is 13.7. The molecule has 6 nitrogen and oxygen atoms in total. The number of halogens is 1. The summed E-state index contributed by atoms with van der Waals surface area (Å²) in [4.78, 5) is 31.8. The first-order valence-electron chi connectivity index (χ1n) is 12.4. The Kier molecular flexibility index (Phi) is 7.84. The smallest absolute Gasteiger partial charge is 0.315 e. The Labute approximate surface area is 217 Å². The lowest BCUT2D eigenvalue weighted by Crippen LogP contribution is -2.38. The van der Waals surface area contributed by atoms with Gasteiger partial charge in [-0.25, -0.2) is 0 Å². The fourth-order valence-electron chi connectivity index (χ4n) is 5.03. The highest BCUT2D eigenvalue weighted by molar-refractivity contribution is 6.30. The summed E-state index contributed by atoms with van der Waals surface area (Å²) in [5.74, 6) is -1.27. The average molecular weight is 510 g/mol. The van der Waals surface area contributed by atoms with Crippen molar-refractivity contribution in [2.75, 3.05) is 13.2 Å². The van der Waals surface area contributed by atoms with Crippen molar-refractivity contribution >= 4 is 29.1 Å². The topological polar surface area (TPSA) is 85.2 Å². The predicted octanol–water partition coefficient (Wildman–Crippen LogP) is 6.22. The first kappa shape index (κ1) is 26.0. The number of phenolic OH excluding ortho intramolecular Hbond substituents is 1. The number of phenols is 1. The highest BCUT2D eigenvalue weighted by Gasteiger charge is 2.45. The molecule has 2 aromatic rings. The maximum absolute atomic E-state index is 13.7. The molecule has 2 aliphatic rings. The monoisotopic (exact) mass is 509 g/mol. The van der Waals surface area contributed by atoms with Crippen molar-refractivity contribution in [3.8, 4) is 11.5 Å². The Balaban J connectivity index is 1.79. The Morgan fingerprint density at radius 1 is 1.14 bits per heavy atom. The third-order valence-electron chi connectivity index (χ3n) is 6.69. The van der Waals surface area contributed by atoms with Crippen molar-refractivity contribution in [1.29, 1.82) is 0 Å². The summed E-state index contributed by atoms with van der Waals surface area (Å²) in [5, 5.41) is 10.9. The van der Waals surface area contributed by atoms with Gasteiger partial charge in [-0.15, -0.1) is 0 Å². The Morgan fingerprint density at radius 2 is 1.83 bits per heavy atom. The Hall–Kier alpha value is -3.12. The van der Waals surface area contributed by atoms with E-state index in [2.05, 4.69) is 0 Å². The van der Waals surface area contributed by atoms with Crippen molar-refractivity contribution in [3.05, 3.63) is 69.9 Å². The van der Waals surface area contributed by atoms with Gasteiger partial charge in [-0.05, 0) is 67.5 Å². The summed E-state index contributed by atoms with van der Waals surface area (Å²) < 4.78 is 11.2. The summed E-state index contributed by atoms with van der Waals surface area (Å²) in [6.07, 6.45) is 0.899. The molecule has 0 saturated heterocycles. The van der Waals surface area contributed by atoms with E-state index in [9.17, 15) is 14.7 Å². The minimum absolute atomic E-state index is 0.00714. The molecule has 0 saturated carbocycles. The van der Waals surface area contributed by atoms with Gasteiger partial charge in [-0.3, -0.25) is 14.6 Å². The minimum Gasteiger partial charge on any atom is -0.504 e. The van der Waals surface area contributed by atoms with E-state index in [1.54, 1.807) is 18.2 Å². The van der Waals surface area contributed by atoms with Crippen LogP contribution in [0.25, 0.3) is 0 Å². The molecule has 36 heavy (non-hydrogen) atoms. The van der Waals surface area contributed by atoms with Gasteiger partial charge in [0.1, 0.15) is 5.92 Å². The Bertz CT molecular complexity index is 1210. The molecule has 4 rings (SSSR count). The zero-order valence-electron chi connectivity index (χ0n) is 21.1. The van der Waals surface area contributed by atoms with Crippen LogP contribution in [-0.2, 0) is 14.3 Å². The highest BCUT2D eigenvalue weighted by atomic mass is 35.5. The molecule has 3 atom stereocenters. The van der Waals surface area contributed by atoms with E-state index in [1.165, 1.54) is 0 Å². The average Bonchev–Trinajstić information content (AvgIpc) is 2.83. The largest absolute Gasteiger partial charge is 0.504 e. The van der Waals surface area contributed by atoms with Crippen LogP contribution >= 0.6 is 11.6 Å². The van der Waals surface area contributed by atoms with Gasteiger partial charge < -0.3 is 14.6 Å².